The van der Waals surface area contributed by atoms with Crippen molar-refractivity contribution in [3.05, 3.63) is 91.0 Å². The van der Waals surface area contributed by atoms with Gasteiger partial charge < -0.3 is 34.9 Å². The van der Waals surface area contributed by atoms with Crippen molar-refractivity contribution >= 4 is 40.6 Å². The lowest BCUT2D eigenvalue weighted by Crippen LogP contribution is -2.61. The van der Waals surface area contributed by atoms with Crippen LogP contribution in [0.1, 0.15) is 98.5 Å². The maximum absolute atomic E-state index is 14.3. The number of aliphatic imine (C=N–C) groups is 1. The molecule has 348 valence electrons. The summed E-state index contributed by atoms with van der Waals surface area (Å²) >= 11 is 0. The van der Waals surface area contributed by atoms with Crippen LogP contribution in [0.5, 0.6) is 0 Å². The van der Waals surface area contributed by atoms with Crippen LogP contribution >= 0.6 is 0 Å². The summed E-state index contributed by atoms with van der Waals surface area (Å²) in [6.07, 6.45) is 5.48. The molecule has 1 aromatic heterocycles. The number of carbonyl (C=O) groups is 4. The van der Waals surface area contributed by atoms with Crippen molar-refractivity contribution in [2.75, 3.05) is 20.8 Å². The molecule has 4 atom stereocenters. The SMILES string of the molecule is C=C/N=C(/[C@H](CC)N(C(=O)[C@@H](NC(=O)OC)C(C)(C)C)C(C)C)N(N)Cc1ccc(-c2ccc3cc(-c4cnc([C@@H]5CC6(CC6)CN5C(=O)[C@@H](NC(=O)OC)C(C)C)[nH]4)ccc3c2)cc1. The number of methoxy groups -OCH3 is 2. The molecule has 15 nitrogen and oxygen atoms in total. The van der Waals surface area contributed by atoms with E-state index < -0.39 is 35.7 Å². The number of amidine groups is 1. The fourth-order valence-electron chi connectivity index (χ4n) is 8.97. The number of hydrogen-bond donors (Lipinski definition) is 4. The number of H-pyrrole nitrogens is 1. The Kier molecular flexibility index (Phi) is 14.8. The van der Waals surface area contributed by atoms with E-state index in [0.717, 1.165) is 63.8 Å². The minimum atomic E-state index is -0.858. The number of imidazole rings is 1. The van der Waals surface area contributed by atoms with Crippen molar-refractivity contribution in [3.63, 3.8) is 0 Å². The number of carbonyl (C=O) groups excluding carboxylic acids is 4. The number of amides is 4. The highest BCUT2D eigenvalue weighted by Crippen LogP contribution is 2.58. The molecule has 4 amide bonds. The first-order valence-corrected chi connectivity index (χ1v) is 22.5. The number of nitrogens with zero attached hydrogens (tertiary/aromatic N) is 5. The third-order valence-corrected chi connectivity index (χ3v) is 12.8. The van der Waals surface area contributed by atoms with Gasteiger partial charge in [0.15, 0.2) is 0 Å². The molecule has 1 aliphatic carbocycles. The van der Waals surface area contributed by atoms with Crippen LogP contribution in [0, 0.1) is 16.7 Å². The number of ether oxygens (including phenoxy) is 2. The summed E-state index contributed by atoms with van der Waals surface area (Å²) in [5.74, 6) is 7.50. The number of aromatic amines is 1. The van der Waals surface area contributed by atoms with Crippen LogP contribution in [0.15, 0.2) is 84.6 Å². The van der Waals surface area contributed by atoms with Gasteiger partial charge in [0.2, 0.25) is 11.8 Å². The van der Waals surface area contributed by atoms with Crippen LogP contribution in [0.4, 0.5) is 9.59 Å². The molecule has 5 N–H and O–H groups in total. The predicted molar refractivity (Wildman–Crippen MR) is 254 cm³/mol. The first kappa shape index (κ1) is 48.2. The molecular formula is C50H67N9O6. The number of aromatic nitrogens is 2. The van der Waals surface area contributed by atoms with Gasteiger partial charge in [0.1, 0.15) is 23.7 Å². The van der Waals surface area contributed by atoms with E-state index in [4.69, 9.17) is 20.3 Å². The second-order valence-electron chi connectivity index (χ2n) is 19.2. The molecular weight excluding hydrogens is 823 g/mol. The lowest BCUT2D eigenvalue weighted by molar-refractivity contribution is -0.139. The Bertz CT molecular complexity index is 2400. The number of rotatable bonds is 15. The topological polar surface area (TPSA) is 188 Å². The smallest absolute Gasteiger partial charge is 0.407 e. The molecule has 1 spiro atoms. The van der Waals surface area contributed by atoms with Crippen molar-refractivity contribution in [1.29, 1.82) is 0 Å². The van der Waals surface area contributed by atoms with E-state index in [2.05, 4.69) is 75.7 Å². The van der Waals surface area contributed by atoms with Gasteiger partial charge >= 0.3 is 12.2 Å². The summed E-state index contributed by atoms with van der Waals surface area (Å²) in [4.78, 5) is 69.2. The van der Waals surface area contributed by atoms with Gasteiger partial charge in [-0.15, -0.1) is 0 Å². The van der Waals surface area contributed by atoms with Gasteiger partial charge in [-0.1, -0.05) is 96.7 Å². The molecule has 1 aliphatic heterocycles. The lowest BCUT2D eigenvalue weighted by atomic mass is 9.85. The van der Waals surface area contributed by atoms with E-state index in [0.29, 0.717) is 25.3 Å². The number of nitrogens with two attached hydrogens (primary N) is 1. The highest BCUT2D eigenvalue weighted by atomic mass is 16.5. The summed E-state index contributed by atoms with van der Waals surface area (Å²) in [7, 11) is 2.58. The molecule has 0 unspecified atom stereocenters. The largest absolute Gasteiger partial charge is 0.453 e. The molecule has 2 fully saturated rings. The molecule has 0 bridgehead atoms. The molecule has 1 saturated heterocycles. The molecule has 2 heterocycles. The molecule has 0 radical (unpaired) electrons. The molecule has 65 heavy (non-hydrogen) atoms. The van der Waals surface area contributed by atoms with Crippen LogP contribution in [0.3, 0.4) is 0 Å². The van der Waals surface area contributed by atoms with Crippen molar-refractivity contribution < 1.29 is 28.7 Å². The maximum atomic E-state index is 14.3. The number of nitrogens with one attached hydrogen (secondary N) is 3. The Hall–Kier alpha value is -6.22. The first-order valence-electron chi connectivity index (χ1n) is 22.5. The minimum absolute atomic E-state index is 0.108. The summed E-state index contributed by atoms with van der Waals surface area (Å²) in [6, 6.07) is 18.4. The van der Waals surface area contributed by atoms with Crippen LogP contribution in [-0.4, -0.2) is 99.5 Å². The monoisotopic (exact) mass is 890 g/mol. The third kappa shape index (κ3) is 10.8. The van der Waals surface area contributed by atoms with Gasteiger partial charge in [-0.05, 0) is 95.9 Å². The predicted octanol–water partition coefficient (Wildman–Crippen LogP) is 8.34. The molecule has 2 aliphatic rings. The van der Waals surface area contributed by atoms with Gasteiger partial charge in [-0.2, -0.15) is 0 Å². The van der Waals surface area contributed by atoms with Crippen molar-refractivity contribution in [1.82, 2.24) is 35.4 Å². The zero-order chi connectivity index (χ0) is 47.4. The van der Waals surface area contributed by atoms with E-state index in [9.17, 15) is 19.2 Å². The maximum Gasteiger partial charge on any atom is 0.407 e. The van der Waals surface area contributed by atoms with Crippen molar-refractivity contribution in [2.45, 2.75) is 118 Å². The Labute approximate surface area is 383 Å². The van der Waals surface area contributed by atoms with E-state index in [1.54, 1.807) is 9.91 Å². The molecule has 3 aromatic carbocycles. The van der Waals surface area contributed by atoms with Crippen LogP contribution < -0.4 is 16.5 Å². The zero-order valence-electron chi connectivity index (χ0n) is 39.6. The fourth-order valence-corrected chi connectivity index (χ4v) is 8.97. The number of alkyl carbamates (subject to hydrolysis) is 2. The summed E-state index contributed by atoms with van der Waals surface area (Å²) in [5.41, 5.74) is 4.41. The first-order chi connectivity index (χ1) is 30.8. The summed E-state index contributed by atoms with van der Waals surface area (Å²) in [6.45, 7) is 20.2. The average Bonchev–Trinajstić information content (AvgIpc) is 3.66. The fraction of sp³-hybridized carbons (Fsp3) is 0.480. The quantitative estimate of drug-likeness (QED) is 0.0394. The molecule has 15 heteroatoms. The van der Waals surface area contributed by atoms with Crippen molar-refractivity contribution in [2.24, 2.45) is 27.6 Å². The number of likely N-dealkylation sites (tertiary alicyclic amines) is 1. The standard InChI is InChI=1S/C50H67N9O6/c1-12-39(59(31(5)6)46(61)42(49(7,8)9)56-48(63)65-11)44(52-13-2)58(51)28-32-14-16-33(17-15-32)34-18-19-36-25-37(21-20-35(36)24-34)38-27-53-43(54-38)40-26-50(22-23-50)29-57(40)45(60)41(30(3)4)55-47(62)64-10/h13-21,24-25,27,30-31,39-42H,2,12,22-23,26,28-29,51H2,1,3-11H3,(H,53,54)(H,55,62)(H,56,63)/b52-44-/t39-,40-,41-,42+/m0/s1. The van der Waals surface area contributed by atoms with E-state index in [1.807, 2.05) is 78.6 Å². The zero-order valence-corrected chi connectivity index (χ0v) is 39.6. The van der Waals surface area contributed by atoms with E-state index in [1.165, 1.54) is 20.4 Å². The van der Waals surface area contributed by atoms with E-state index >= 15 is 0 Å². The third-order valence-electron chi connectivity index (χ3n) is 12.8. The minimum Gasteiger partial charge on any atom is -0.453 e. The number of hydrazine groups is 1. The van der Waals surface area contributed by atoms with Crippen LogP contribution in [0.2, 0.25) is 0 Å². The number of hydrogen-bond acceptors (Lipinski definition) is 9. The highest BCUT2D eigenvalue weighted by molar-refractivity contribution is 5.95. The number of benzene rings is 3. The van der Waals surface area contributed by atoms with E-state index in [-0.39, 0.29) is 35.2 Å². The number of fused-ring (bicyclic) bond motifs is 1. The summed E-state index contributed by atoms with van der Waals surface area (Å²) < 4.78 is 9.68. The second kappa shape index (κ2) is 19.9. The van der Waals surface area contributed by atoms with Gasteiger partial charge in [0.05, 0.1) is 44.7 Å². The normalized spacial score (nSPS) is 17.2. The van der Waals surface area contributed by atoms with Crippen LogP contribution in [-0.2, 0) is 25.6 Å². The second-order valence-corrected chi connectivity index (χ2v) is 19.2. The summed E-state index contributed by atoms with van der Waals surface area (Å²) in [5, 5.41) is 9.21. The van der Waals surface area contributed by atoms with Gasteiger partial charge in [-0.3, -0.25) is 14.6 Å². The van der Waals surface area contributed by atoms with Crippen molar-refractivity contribution in [3.8, 4) is 22.4 Å². The molecule has 1 saturated carbocycles. The lowest BCUT2D eigenvalue weighted by Gasteiger charge is -2.42. The Morgan fingerprint density at radius 2 is 1.55 bits per heavy atom. The highest BCUT2D eigenvalue weighted by Gasteiger charge is 2.55. The Balaban J connectivity index is 1.16. The van der Waals surface area contributed by atoms with Crippen LogP contribution in [0.25, 0.3) is 33.2 Å². The van der Waals surface area contributed by atoms with Gasteiger partial charge in [-0.25, -0.2) is 25.4 Å². The average molecular weight is 890 g/mol. The molecule has 6 rings (SSSR count). The Morgan fingerprint density at radius 3 is 2.11 bits per heavy atom. The molecule has 4 aromatic rings. The van der Waals surface area contributed by atoms with Gasteiger partial charge in [0, 0.05) is 24.4 Å². The Morgan fingerprint density at radius 1 is 0.954 bits per heavy atom. The van der Waals surface area contributed by atoms with Gasteiger partial charge in [0.25, 0.3) is 0 Å².